The molecule has 1 unspecified atom stereocenters. The lowest BCUT2D eigenvalue weighted by Gasteiger charge is -2.15. The fourth-order valence-electron chi connectivity index (χ4n) is 2.99. The first-order valence-corrected chi connectivity index (χ1v) is 7.74. The van der Waals surface area contributed by atoms with Crippen molar-refractivity contribution in [2.24, 2.45) is 5.92 Å². The summed E-state index contributed by atoms with van der Waals surface area (Å²) in [5.41, 5.74) is 2.21. The molecular formula is C17H22N2O2. The number of benzene rings is 1. The molecule has 3 rings (SSSR count). The Kier molecular flexibility index (Phi) is 3.95. The van der Waals surface area contributed by atoms with E-state index in [0.29, 0.717) is 25.4 Å². The van der Waals surface area contributed by atoms with E-state index in [1.165, 1.54) is 0 Å². The number of hydrogen-bond acceptors (Lipinski definition) is 2. The Balaban J connectivity index is 1.46. The molecule has 4 heteroatoms. The van der Waals surface area contributed by atoms with Crippen LogP contribution in [0.2, 0.25) is 0 Å². The molecule has 1 atom stereocenters. The summed E-state index contributed by atoms with van der Waals surface area (Å²) < 4.78 is 0. The van der Waals surface area contributed by atoms with Crippen LogP contribution < -0.4 is 5.32 Å². The summed E-state index contributed by atoms with van der Waals surface area (Å²) in [6.07, 6.45) is 3.30. The number of aryl methyl sites for hydroxylation is 1. The lowest BCUT2D eigenvalue weighted by atomic mass is 10.1. The van der Waals surface area contributed by atoms with Crippen molar-refractivity contribution in [2.45, 2.75) is 38.6 Å². The number of nitrogens with one attached hydrogen (secondary N) is 1. The van der Waals surface area contributed by atoms with Gasteiger partial charge in [-0.2, -0.15) is 0 Å². The van der Waals surface area contributed by atoms with Crippen molar-refractivity contribution >= 4 is 11.8 Å². The van der Waals surface area contributed by atoms with E-state index in [1.54, 1.807) is 0 Å². The Morgan fingerprint density at radius 2 is 2.10 bits per heavy atom. The van der Waals surface area contributed by atoms with Crippen LogP contribution in [0.25, 0.3) is 0 Å². The average Bonchev–Trinajstić information content (AvgIpc) is 3.23. The quantitative estimate of drug-likeness (QED) is 0.895. The highest BCUT2D eigenvalue weighted by molar-refractivity contribution is 5.80. The summed E-state index contributed by atoms with van der Waals surface area (Å²) in [6, 6.07) is 8.44. The molecule has 1 aromatic carbocycles. The molecule has 1 saturated heterocycles. The van der Waals surface area contributed by atoms with Crippen LogP contribution >= 0.6 is 0 Å². The van der Waals surface area contributed by atoms with Crippen LogP contribution in [0.5, 0.6) is 0 Å². The molecule has 1 aromatic rings. The molecule has 0 bridgehead atoms. The molecule has 1 aliphatic carbocycles. The number of nitrogens with zero attached hydrogens (tertiary/aromatic N) is 1. The van der Waals surface area contributed by atoms with Gasteiger partial charge in [0, 0.05) is 31.5 Å². The number of carbonyl (C=O) groups is 2. The van der Waals surface area contributed by atoms with Crippen LogP contribution in [0.3, 0.4) is 0 Å². The Bertz CT molecular complexity index is 551. The van der Waals surface area contributed by atoms with Crippen molar-refractivity contribution in [3.05, 3.63) is 35.4 Å². The van der Waals surface area contributed by atoms with E-state index in [9.17, 15) is 9.59 Å². The predicted octanol–water partition coefficient (Wildman–Crippen LogP) is 1.66. The number of carbonyl (C=O) groups excluding carboxylic acids is 2. The minimum absolute atomic E-state index is 0.0432. The van der Waals surface area contributed by atoms with Gasteiger partial charge in [-0.15, -0.1) is 0 Å². The molecule has 1 aliphatic heterocycles. The van der Waals surface area contributed by atoms with Gasteiger partial charge in [0.1, 0.15) is 0 Å². The van der Waals surface area contributed by atoms with Gasteiger partial charge < -0.3 is 10.2 Å². The monoisotopic (exact) mass is 286 g/mol. The van der Waals surface area contributed by atoms with Crippen molar-refractivity contribution in [3.63, 3.8) is 0 Å². The van der Waals surface area contributed by atoms with E-state index in [2.05, 4.69) is 5.32 Å². The topological polar surface area (TPSA) is 49.4 Å². The second-order valence-electron chi connectivity index (χ2n) is 6.25. The smallest absolute Gasteiger partial charge is 0.224 e. The summed E-state index contributed by atoms with van der Waals surface area (Å²) in [5, 5.41) is 2.98. The van der Waals surface area contributed by atoms with E-state index in [4.69, 9.17) is 0 Å². The highest BCUT2D eigenvalue weighted by atomic mass is 16.2. The summed E-state index contributed by atoms with van der Waals surface area (Å²) in [7, 11) is 0. The maximum absolute atomic E-state index is 12.0. The van der Waals surface area contributed by atoms with Gasteiger partial charge >= 0.3 is 0 Å². The first-order chi connectivity index (χ1) is 10.1. The zero-order valence-corrected chi connectivity index (χ0v) is 12.5. The second-order valence-corrected chi connectivity index (χ2v) is 6.25. The van der Waals surface area contributed by atoms with Crippen molar-refractivity contribution in [2.75, 3.05) is 13.1 Å². The van der Waals surface area contributed by atoms with Crippen LogP contribution in [0.4, 0.5) is 0 Å². The highest BCUT2D eigenvalue weighted by Crippen LogP contribution is 2.32. The molecular weight excluding hydrogens is 264 g/mol. The molecule has 0 aromatic heterocycles. The van der Waals surface area contributed by atoms with Crippen LogP contribution in [0.1, 0.15) is 30.4 Å². The molecule has 2 aliphatic rings. The molecule has 112 valence electrons. The molecule has 1 saturated carbocycles. The SMILES string of the molecule is Cc1ccccc1CC(=O)NCC1CC(=O)N(C2CC2)C1. The van der Waals surface area contributed by atoms with Gasteiger partial charge in [0.15, 0.2) is 0 Å². The lowest BCUT2D eigenvalue weighted by Crippen LogP contribution is -2.32. The Hall–Kier alpha value is -1.84. The van der Waals surface area contributed by atoms with E-state index < -0.39 is 0 Å². The molecule has 2 amide bonds. The van der Waals surface area contributed by atoms with Gasteiger partial charge in [0.05, 0.1) is 6.42 Å². The standard InChI is InChI=1S/C17H22N2O2/c1-12-4-2-3-5-14(12)9-16(20)18-10-13-8-17(21)19(11-13)15-6-7-15/h2-5,13,15H,6-11H2,1H3,(H,18,20). The Morgan fingerprint density at radius 1 is 1.33 bits per heavy atom. The van der Waals surface area contributed by atoms with Gasteiger partial charge in [-0.05, 0) is 30.9 Å². The lowest BCUT2D eigenvalue weighted by molar-refractivity contribution is -0.128. The van der Waals surface area contributed by atoms with Gasteiger partial charge in [-0.3, -0.25) is 9.59 Å². The maximum Gasteiger partial charge on any atom is 0.224 e. The first kappa shape index (κ1) is 14.1. The first-order valence-electron chi connectivity index (χ1n) is 7.74. The third kappa shape index (κ3) is 3.43. The van der Waals surface area contributed by atoms with Crippen LogP contribution in [0.15, 0.2) is 24.3 Å². The third-order valence-corrected chi connectivity index (χ3v) is 4.43. The van der Waals surface area contributed by atoms with Crippen LogP contribution in [-0.2, 0) is 16.0 Å². The molecule has 2 fully saturated rings. The minimum Gasteiger partial charge on any atom is -0.355 e. The maximum atomic E-state index is 12.0. The van der Waals surface area contributed by atoms with Gasteiger partial charge in [0.2, 0.25) is 11.8 Å². The zero-order chi connectivity index (χ0) is 14.8. The molecule has 21 heavy (non-hydrogen) atoms. The van der Waals surface area contributed by atoms with Crippen LogP contribution in [-0.4, -0.2) is 35.8 Å². The van der Waals surface area contributed by atoms with E-state index in [-0.39, 0.29) is 17.7 Å². The summed E-state index contributed by atoms with van der Waals surface area (Å²) >= 11 is 0. The van der Waals surface area contributed by atoms with E-state index >= 15 is 0 Å². The third-order valence-electron chi connectivity index (χ3n) is 4.43. The predicted molar refractivity (Wildman–Crippen MR) is 80.7 cm³/mol. The zero-order valence-electron chi connectivity index (χ0n) is 12.5. The largest absolute Gasteiger partial charge is 0.355 e. The van der Waals surface area contributed by atoms with Gasteiger partial charge in [-0.1, -0.05) is 24.3 Å². The molecule has 1 heterocycles. The fourth-order valence-corrected chi connectivity index (χ4v) is 2.99. The number of likely N-dealkylation sites (tertiary alicyclic amines) is 1. The van der Waals surface area contributed by atoms with E-state index in [0.717, 1.165) is 30.5 Å². The molecule has 4 nitrogen and oxygen atoms in total. The van der Waals surface area contributed by atoms with Crippen molar-refractivity contribution in [1.29, 1.82) is 0 Å². The summed E-state index contributed by atoms with van der Waals surface area (Å²) in [4.78, 5) is 25.9. The Labute approximate surface area is 125 Å². The highest BCUT2D eigenvalue weighted by Gasteiger charge is 2.39. The van der Waals surface area contributed by atoms with Crippen molar-refractivity contribution in [1.82, 2.24) is 10.2 Å². The van der Waals surface area contributed by atoms with Gasteiger partial charge in [0.25, 0.3) is 0 Å². The second kappa shape index (κ2) is 5.88. The molecule has 0 radical (unpaired) electrons. The van der Waals surface area contributed by atoms with Crippen molar-refractivity contribution in [3.8, 4) is 0 Å². The van der Waals surface area contributed by atoms with Crippen LogP contribution in [0, 0.1) is 12.8 Å². The van der Waals surface area contributed by atoms with Crippen molar-refractivity contribution < 1.29 is 9.59 Å². The average molecular weight is 286 g/mol. The Morgan fingerprint density at radius 3 is 2.81 bits per heavy atom. The normalized spacial score (nSPS) is 21.7. The molecule has 0 spiro atoms. The minimum atomic E-state index is 0.0432. The number of amides is 2. The number of rotatable bonds is 5. The summed E-state index contributed by atoms with van der Waals surface area (Å²) in [6.45, 7) is 3.44. The van der Waals surface area contributed by atoms with Gasteiger partial charge in [-0.25, -0.2) is 0 Å². The van der Waals surface area contributed by atoms with E-state index in [1.807, 2.05) is 36.1 Å². The molecule has 1 N–H and O–H groups in total. The fraction of sp³-hybridized carbons (Fsp3) is 0.529. The summed E-state index contributed by atoms with van der Waals surface area (Å²) in [5.74, 6) is 0.580. The number of hydrogen-bond donors (Lipinski definition) is 1.